The number of anilines is 1. The number of benzene rings is 1. The van der Waals surface area contributed by atoms with E-state index in [0.29, 0.717) is 42.8 Å². The highest BCUT2D eigenvalue weighted by Gasteiger charge is 2.43. The largest absolute Gasteiger partial charge is 0.420 e. The van der Waals surface area contributed by atoms with Crippen LogP contribution in [0.25, 0.3) is 11.3 Å². The third kappa shape index (κ3) is 5.04. The van der Waals surface area contributed by atoms with Crippen LogP contribution in [0.1, 0.15) is 24.0 Å². The quantitative estimate of drug-likeness (QED) is 0.649. The van der Waals surface area contributed by atoms with Crippen molar-refractivity contribution in [1.29, 1.82) is 0 Å². The Morgan fingerprint density at radius 3 is 2.53 bits per heavy atom. The van der Waals surface area contributed by atoms with E-state index in [1.165, 1.54) is 18.2 Å². The minimum atomic E-state index is -4.61. The van der Waals surface area contributed by atoms with Gasteiger partial charge in [-0.05, 0) is 55.4 Å². The number of ether oxygens (including phenoxy) is 2. The van der Waals surface area contributed by atoms with Crippen LogP contribution in [0.5, 0.6) is 0 Å². The topological polar surface area (TPSA) is 59.5 Å². The van der Waals surface area contributed by atoms with Gasteiger partial charge in [-0.2, -0.15) is 13.2 Å². The summed E-state index contributed by atoms with van der Waals surface area (Å²) >= 11 is 0. The second-order valence-electron chi connectivity index (χ2n) is 9.57. The number of nitrogens with zero attached hydrogens (tertiary/aromatic N) is 3. The van der Waals surface area contributed by atoms with Crippen LogP contribution in [0, 0.1) is 24.6 Å². The molecule has 4 atom stereocenters. The molecule has 2 aromatic rings. The van der Waals surface area contributed by atoms with Crippen molar-refractivity contribution in [2.45, 2.75) is 38.1 Å². The smallest absolute Gasteiger partial charge is 0.376 e. The van der Waals surface area contributed by atoms with Gasteiger partial charge < -0.3 is 19.7 Å². The zero-order chi connectivity index (χ0) is 23.9. The molecule has 3 aliphatic rings. The lowest BCUT2D eigenvalue weighted by Crippen LogP contribution is -2.39. The standard InChI is InChI=1S/C24H28F4N4O2/c1-14-2-3-17(25)8-20(14)22-9-21(24(26,27)28)23(31-30-22)29-18-6-15-10-32(11-16(15)7-18)12-19-13-33-4-5-34-19/h2-3,8-9,15-16,18-19H,4-7,10-13H2,1H3,(H,29,31)/t15-,16+,18?,19-/m1/s1. The third-order valence-corrected chi connectivity index (χ3v) is 7.09. The summed E-state index contributed by atoms with van der Waals surface area (Å²) in [5.74, 6) is 0.0595. The fourth-order valence-electron chi connectivity index (χ4n) is 5.50. The molecule has 3 fully saturated rings. The maximum atomic E-state index is 13.9. The molecule has 1 unspecified atom stereocenters. The third-order valence-electron chi connectivity index (χ3n) is 7.09. The number of aryl methyl sites for hydroxylation is 1. The monoisotopic (exact) mass is 480 g/mol. The van der Waals surface area contributed by atoms with Crippen molar-refractivity contribution in [2.75, 3.05) is 44.8 Å². The van der Waals surface area contributed by atoms with Crippen LogP contribution < -0.4 is 5.32 Å². The molecule has 1 N–H and O–H groups in total. The van der Waals surface area contributed by atoms with Gasteiger partial charge in [0.05, 0.1) is 31.6 Å². The molecule has 0 bridgehead atoms. The molecule has 0 amide bonds. The highest BCUT2D eigenvalue weighted by Crippen LogP contribution is 2.41. The minimum Gasteiger partial charge on any atom is -0.376 e. The predicted octanol–water partition coefficient (Wildman–Crippen LogP) is 4.15. The molecule has 5 rings (SSSR count). The van der Waals surface area contributed by atoms with Crippen molar-refractivity contribution in [3.05, 3.63) is 41.2 Å². The van der Waals surface area contributed by atoms with Crippen LogP contribution in [-0.4, -0.2) is 66.7 Å². The Bertz CT molecular complexity index is 1010. The fourth-order valence-corrected chi connectivity index (χ4v) is 5.50. The van der Waals surface area contributed by atoms with Crippen molar-refractivity contribution >= 4 is 5.82 Å². The predicted molar refractivity (Wildman–Crippen MR) is 118 cm³/mol. The van der Waals surface area contributed by atoms with Gasteiger partial charge in [0.15, 0.2) is 5.82 Å². The molecule has 0 radical (unpaired) electrons. The summed E-state index contributed by atoms with van der Waals surface area (Å²) in [4.78, 5) is 2.38. The molecule has 10 heteroatoms. The molecule has 1 aromatic heterocycles. The zero-order valence-electron chi connectivity index (χ0n) is 18.9. The van der Waals surface area contributed by atoms with E-state index in [0.717, 1.165) is 38.5 Å². The second-order valence-corrected chi connectivity index (χ2v) is 9.57. The van der Waals surface area contributed by atoms with Crippen molar-refractivity contribution in [1.82, 2.24) is 15.1 Å². The lowest BCUT2D eigenvalue weighted by molar-refractivity contribution is -0.137. The molecular formula is C24H28F4N4O2. The maximum absolute atomic E-state index is 13.9. The Hall–Kier alpha value is -2.30. The summed E-state index contributed by atoms with van der Waals surface area (Å²) in [7, 11) is 0. The molecule has 1 saturated carbocycles. The molecule has 2 aliphatic heterocycles. The summed E-state index contributed by atoms with van der Waals surface area (Å²) in [6, 6.07) is 4.83. The van der Waals surface area contributed by atoms with E-state index in [-0.39, 0.29) is 23.7 Å². The van der Waals surface area contributed by atoms with Crippen LogP contribution in [0.4, 0.5) is 23.4 Å². The number of halogens is 4. The van der Waals surface area contributed by atoms with Gasteiger partial charge in [-0.1, -0.05) is 6.07 Å². The van der Waals surface area contributed by atoms with Crippen LogP contribution in [0.2, 0.25) is 0 Å². The SMILES string of the molecule is Cc1ccc(F)cc1-c1cc(C(F)(F)F)c(NC2C[C@@H]3CN(C[C@@H]4COCCO4)C[C@@H]3C2)nn1. The Morgan fingerprint density at radius 1 is 1.09 bits per heavy atom. The second kappa shape index (κ2) is 9.39. The number of rotatable bonds is 5. The summed E-state index contributed by atoms with van der Waals surface area (Å²) < 4.78 is 66.6. The van der Waals surface area contributed by atoms with Gasteiger partial charge in [-0.3, -0.25) is 0 Å². The van der Waals surface area contributed by atoms with Gasteiger partial charge in [-0.25, -0.2) is 4.39 Å². The van der Waals surface area contributed by atoms with E-state index >= 15 is 0 Å². The number of hydrogen-bond donors (Lipinski definition) is 1. The lowest BCUT2D eigenvalue weighted by atomic mass is 10.0. The number of likely N-dealkylation sites (tertiary alicyclic amines) is 1. The van der Waals surface area contributed by atoms with E-state index < -0.39 is 17.6 Å². The van der Waals surface area contributed by atoms with E-state index in [4.69, 9.17) is 9.47 Å². The highest BCUT2D eigenvalue weighted by atomic mass is 19.4. The van der Waals surface area contributed by atoms with E-state index in [1.807, 2.05) is 0 Å². The van der Waals surface area contributed by atoms with Crippen molar-refractivity contribution in [2.24, 2.45) is 11.8 Å². The number of fused-ring (bicyclic) bond motifs is 1. The molecule has 1 aliphatic carbocycles. The number of alkyl halides is 3. The van der Waals surface area contributed by atoms with Gasteiger partial charge in [0.2, 0.25) is 0 Å². The molecule has 34 heavy (non-hydrogen) atoms. The van der Waals surface area contributed by atoms with Gasteiger partial charge in [0, 0.05) is 31.2 Å². The first-order chi connectivity index (χ1) is 16.3. The normalized spacial score (nSPS) is 27.7. The summed E-state index contributed by atoms with van der Waals surface area (Å²) in [5, 5.41) is 10.9. The van der Waals surface area contributed by atoms with Crippen LogP contribution in [-0.2, 0) is 15.7 Å². The van der Waals surface area contributed by atoms with Gasteiger partial charge in [-0.15, -0.1) is 10.2 Å². The molecule has 1 aromatic carbocycles. The molecule has 0 spiro atoms. The first kappa shape index (κ1) is 23.4. The highest BCUT2D eigenvalue weighted by molar-refractivity contribution is 5.65. The van der Waals surface area contributed by atoms with E-state index in [2.05, 4.69) is 20.4 Å². The molecule has 2 saturated heterocycles. The average Bonchev–Trinajstić information content (AvgIpc) is 3.33. The van der Waals surface area contributed by atoms with Crippen molar-refractivity contribution in [3.63, 3.8) is 0 Å². The maximum Gasteiger partial charge on any atom is 0.420 e. The Balaban J connectivity index is 1.26. The van der Waals surface area contributed by atoms with Crippen LogP contribution in [0.15, 0.2) is 24.3 Å². The molecular weight excluding hydrogens is 452 g/mol. The van der Waals surface area contributed by atoms with E-state index in [1.54, 1.807) is 6.92 Å². The van der Waals surface area contributed by atoms with Crippen LogP contribution in [0.3, 0.4) is 0 Å². The fraction of sp³-hybridized carbons (Fsp3) is 0.583. The van der Waals surface area contributed by atoms with Gasteiger partial charge >= 0.3 is 6.18 Å². The average molecular weight is 481 g/mol. The first-order valence-corrected chi connectivity index (χ1v) is 11.7. The van der Waals surface area contributed by atoms with Gasteiger partial charge in [0.25, 0.3) is 0 Å². The number of hydrogen-bond acceptors (Lipinski definition) is 6. The Labute approximate surface area is 195 Å². The Morgan fingerprint density at radius 2 is 1.85 bits per heavy atom. The summed E-state index contributed by atoms with van der Waals surface area (Å²) in [5.41, 5.74) is 0.0484. The van der Waals surface area contributed by atoms with Crippen LogP contribution >= 0.6 is 0 Å². The molecule has 184 valence electrons. The minimum absolute atomic E-state index is 0.00252. The van der Waals surface area contributed by atoms with Crippen molar-refractivity contribution in [3.8, 4) is 11.3 Å². The summed E-state index contributed by atoms with van der Waals surface area (Å²) in [6.45, 7) is 6.23. The van der Waals surface area contributed by atoms with E-state index in [9.17, 15) is 17.6 Å². The summed E-state index contributed by atoms with van der Waals surface area (Å²) in [6.07, 6.45) is -2.95. The first-order valence-electron chi connectivity index (χ1n) is 11.7. The Kier molecular flexibility index (Phi) is 6.47. The number of nitrogens with one attached hydrogen (secondary N) is 1. The zero-order valence-corrected chi connectivity index (χ0v) is 18.9. The van der Waals surface area contributed by atoms with Gasteiger partial charge in [0.1, 0.15) is 11.4 Å². The molecule has 3 heterocycles. The lowest BCUT2D eigenvalue weighted by Gasteiger charge is -2.28. The van der Waals surface area contributed by atoms with Crippen molar-refractivity contribution < 1.29 is 27.0 Å². The molecule has 6 nitrogen and oxygen atoms in total. The number of aromatic nitrogens is 2.